The largest absolute Gasteiger partial charge is 0.329 e. The number of nitrogens with two attached hydrogens (primary N) is 1. The number of hydrogen-bond acceptors (Lipinski definition) is 2. The van der Waals surface area contributed by atoms with Gasteiger partial charge in [0.25, 0.3) is 0 Å². The van der Waals surface area contributed by atoms with E-state index in [1.54, 1.807) is 0 Å². The standard InChI is InChI=1S/C11H24N2/c1-11(2,9-12)13(3)8-10-6-4-5-7-10/h10H,4-9,12H2,1-3H3. The van der Waals surface area contributed by atoms with Gasteiger partial charge in [-0.05, 0) is 39.7 Å². The smallest absolute Gasteiger partial charge is 0.0272 e. The summed E-state index contributed by atoms with van der Waals surface area (Å²) in [5.41, 5.74) is 5.91. The Balaban J connectivity index is 2.34. The Morgan fingerprint density at radius 2 is 1.85 bits per heavy atom. The van der Waals surface area contributed by atoms with E-state index in [9.17, 15) is 0 Å². The van der Waals surface area contributed by atoms with Gasteiger partial charge in [0, 0.05) is 18.6 Å². The summed E-state index contributed by atoms with van der Waals surface area (Å²) in [6, 6.07) is 0. The molecule has 0 aliphatic heterocycles. The van der Waals surface area contributed by atoms with Gasteiger partial charge in [-0.25, -0.2) is 0 Å². The molecule has 0 radical (unpaired) electrons. The van der Waals surface area contributed by atoms with Crippen molar-refractivity contribution in [1.29, 1.82) is 0 Å². The molecule has 0 amide bonds. The van der Waals surface area contributed by atoms with Crippen molar-refractivity contribution in [3.8, 4) is 0 Å². The molecular weight excluding hydrogens is 160 g/mol. The minimum atomic E-state index is 0.169. The first-order chi connectivity index (χ1) is 6.06. The molecule has 1 aliphatic rings. The van der Waals surface area contributed by atoms with Crippen molar-refractivity contribution in [1.82, 2.24) is 4.90 Å². The van der Waals surface area contributed by atoms with Crippen LogP contribution in [0.2, 0.25) is 0 Å². The fraction of sp³-hybridized carbons (Fsp3) is 1.00. The Morgan fingerprint density at radius 1 is 1.31 bits per heavy atom. The Bertz CT molecular complexity index is 148. The Hall–Kier alpha value is -0.0800. The number of likely N-dealkylation sites (N-methyl/N-ethyl adjacent to an activating group) is 1. The predicted molar refractivity (Wildman–Crippen MR) is 57.7 cm³/mol. The molecule has 0 saturated heterocycles. The van der Waals surface area contributed by atoms with Crippen molar-refractivity contribution in [2.45, 2.75) is 45.1 Å². The predicted octanol–water partition coefficient (Wildman–Crippen LogP) is 1.85. The zero-order valence-corrected chi connectivity index (χ0v) is 9.34. The monoisotopic (exact) mass is 184 g/mol. The number of rotatable bonds is 4. The molecule has 0 aromatic rings. The Labute approximate surface area is 82.5 Å². The molecule has 1 aliphatic carbocycles. The fourth-order valence-electron chi connectivity index (χ4n) is 1.98. The summed E-state index contributed by atoms with van der Waals surface area (Å²) in [4.78, 5) is 2.42. The van der Waals surface area contributed by atoms with Gasteiger partial charge < -0.3 is 5.73 Å². The highest BCUT2D eigenvalue weighted by atomic mass is 15.2. The van der Waals surface area contributed by atoms with Gasteiger partial charge in [-0.15, -0.1) is 0 Å². The van der Waals surface area contributed by atoms with Crippen LogP contribution in [0.25, 0.3) is 0 Å². The maximum atomic E-state index is 5.74. The van der Waals surface area contributed by atoms with Crippen LogP contribution in [-0.4, -0.2) is 30.6 Å². The molecule has 0 aromatic carbocycles. The molecule has 13 heavy (non-hydrogen) atoms. The second-order valence-corrected chi connectivity index (χ2v) is 5.05. The van der Waals surface area contributed by atoms with E-state index in [0.29, 0.717) is 0 Å². The molecule has 2 N–H and O–H groups in total. The van der Waals surface area contributed by atoms with E-state index in [1.807, 2.05) is 0 Å². The molecule has 2 nitrogen and oxygen atoms in total. The van der Waals surface area contributed by atoms with Gasteiger partial charge in [0.05, 0.1) is 0 Å². The summed E-state index contributed by atoms with van der Waals surface area (Å²) in [5.74, 6) is 0.927. The maximum Gasteiger partial charge on any atom is 0.0272 e. The van der Waals surface area contributed by atoms with Gasteiger partial charge in [0.15, 0.2) is 0 Å². The van der Waals surface area contributed by atoms with Crippen molar-refractivity contribution in [2.24, 2.45) is 11.7 Å². The molecule has 0 spiro atoms. The quantitative estimate of drug-likeness (QED) is 0.722. The lowest BCUT2D eigenvalue weighted by atomic mass is 10.0. The van der Waals surface area contributed by atoms with Crippen LogP contribution >= 0.6 is 0 Å². The minimum Gasteiger partial charge on any atom is -0.329 e. The average molecular weight is 184 g/mol. The number of nitrogens with zero attached hydrogens (tertiary/aromatic N) is 1. The van der Waals surface area contributed by atoms with Crippen LogP contribution in [0.4, 0.5) is 0 Å². The summed E-state index contributed by atoms with van der Waals surface area (Å²) in [6.45, 7) is 6.42. The Morgan fingerprint density at radius 3 is 2.31 bits per heavy atom. The van der Waals surface area contributed by atoms with E-state index in [2.05, 4.69) is 25.8 Å². The topological polar surface area (TPSA) is 29.3 Å². The lowest BCUT2D eigenvalue weighted by molar-refractivity contribution is 0.140. The molecule has 2 heteroatoms. The van der Waals surface area contributed by atoms with Gasteiger partial charge in [0.1, 0.15) is 0 Å². The van der Waals surface area contributed by atoms with Gasteiger partial charge in [-0.1, -0.05) is 12.8 Å². The molecule has 1 fully saturated rings. The van der Waals surface area contributed by atoms with E-state index in [-0.39, 0.29) is 5.54 Å². The number of hydrogen-bond donors (Lipinski definition) is 1. The fourth-order valence-corrected chi connectivity index (χ4v) is 1.98. The van der Waals surface area contributed by atoms with E-state index in [0.717, 1.165) is 12.5 Å². The molecule has 1 rings (SSSR count). The molecular formula is C11H24N2. The van der Waals surface area contributed by atoms with Crippen molar-refractivity contribution in [3.63, 3.8) is 0 Å². The molecule has 1 saturated carbocycles. The van der Waals surface area contributed by atoms with Crippen LogP contribution in [-0.2, 0) is 0 Å². The van der Waals surface area contributed by atoms with E-state index in [4.69, 9.17) is 5.73 Å². The third kappa shape index (κ3) is 2.96. The van der Waals surface area contributed by atoms with Gasteiger partial charge in [0.2, 0.25) is 0 Å². The molecule has 0 heterocycles. The van der Waals surface area contributed by atoms with Crippen molar-refractivity contribution < 1.29 is 0 Å². The zero-order chi connectivity index (χ0) is 9.90. The molecule has 0 atom stereocenters. The van der Waals surface area contributed by atoms with Crippen LogP contribution in [0.3, 0.4) is 0 Å². The van der Waals surface area contributed by atoms with Crippen molar-refractivity contribution >= 4 is 0 Å². The summed E-state index contributed by atoms with van der Waals surface area (Å²) < 4.78 is 0. The lowest BCUT2D eigenvalue weighted by Crippen LogP contribution is -2.48. The maximum absolute atomic E-state index is 5.74. The highest BCUT2D eigenvalue weighted by Crippen LogP contribution is 2.26. The second kappa shape index (κ2) is 4.43. The van der Waals surface area contributed by atoms with Crippen molar-refractivity contribution in [2.75, 3.05) is 20.1 Å². The molecule has 0 aromatic heterocycles. The zero-order valence-electron chi connectivity index (χ0n) is 9.34. The van der Waals surface area contributed by atoms with E-state index >= 15 is 0 Å². The van der Waals surface area contributed by atoms with Gasteiger partial charge >= 0.3 is 0 Å². The van der Waals surface area contributed by atoms with E-state index < -0.39 is 0 Å². The highest BCUT2D eigenvalue weighted by molar-refractivity contribution is 4.82. The summed E-state index contributed by atoms with van der Waals surface area (Å²) in [5, 5.41) is 0. The Kier molecular flexibility index (Phi) is 3.74. The first-order valence-corrected chi connectivity index (χ1v) is 5.47. The normalized spacial score (nSPS) is 20.1. The molecule has 0 bridgehead atoms. The van der Waals surface area contributed by atoms with Gasteiger partial charge in [-0.2, -0.15) is 0 Å². The van der Waals surface area contributed by atoms with Crippen molar-refractivity contribution in [3.05, 3.63) is 0 Å². The van der Waals surface area contributed by atoms with Crippen LogP contribution < -0.4 is 5.73 Å². The summed E-state index contributed by atoms with van der Waals surface area (Å²) in [6.07, 6.45) is 5.71. The minimum absolute atomic E-state index is 0.169. The highest BCUT2D eigenvalue weighted by Gasteiger charge is 2.25. The summed E-state index contributed by atoms with van der Waals surface area (Å²) >= 11 is 0. The summed E-state index contributed by atoms with van der Waals surface area (Å²) in [7, 11) is 2.20. The third-order valence-corrected chi connectivity index (χ3v) is 3.54. The van der Waals surface area contributed by atoms with Crippen LogP contribution in [0, 0.1) is 5.92 Å². The molecule has 78 valence electrons. The molecule has 0 unspecified atom stereocenters. The first-order valence-electron chi connectivity index (χ1n) is 5.47. The first kappa shape index (κ1) is 11.0. The van der Waals surface area contributed by atoms with Gasteiger partial charge in [-0.3, -0.25) is 4.90 Å². The third-order valence-electron chi connectivity index (χ3n) is 3.54. The SMILES string of the molecule is CN(CC1CCCC1)C(C)(C)CN. The average Bonchev–Trinajstić information content (AvgIpc) is 2.57. The van der Waals surface area contributed by atoms with E-state index in [1.165, 1.54) is 32.2 Å². The lowest BCUT2D eigenvalue weighted by Gasteiger charge is -2.36. The van der Waals surface area contributed by atoms with Crippen LogP contribution in [0.5, 0.6) is 0 Å². The van der Waals surface area contributed by atoms with Crippen LogP contribution in [0.1, 0.15) is 39.5 Å². The van der Waals surface area contributed by atoms with Crippen LogP contribution in [0.15, 0.2) is 0 Å². The second-order valence-electron chi connectivity index (χ2n) is 5.05.